The molecule has 0 radical (unpaired) electrons. The Bertz CT molecular complexity index is 781. The van der Waals surface area contributed by atoms with E-state index < -0.39 is 0 Å². The molecule has 1 aliphatic rings. The highest BCUT2D eigenvalue weighted by Gasteiger charge is 2.32. The third kappa shape index (κ3) is 5.93. The van der Waals surface area contributed by atoms with E-state index in [1.807, 2.05) is 53.4 Å². The third-order valence-corrected chi connectivity index (χ3v) is 5.65. The topological polar surface area (TPSA) is 49.4 Å². The number of nitrogens with one attached hydrogen (secondary N) is 1. The Hall–Kier alpha value is -2.62. The van der Waals surface area contributed by atoms with Gasteiger partial charge in [-0.2, -0.15) is 0 Å². The summed E-state index contributed by atoms with van der Waals surface area (Å²) in [5.41, 5.74) is 2.05. The van der Waals surface area contributed by atoms with Crippen LogP contribution in [0, 0.1) is 17.8 Å². The molecule has 0 spiro atoms. The second-order valence-electron chi connectivity index (χ2n) is 8.43. The number of nitrogens with zero attached hydrogens (tertiary/aromatic N) is 1. The highest BCUT2D eigenvalue weighted by molar-refractivity contribution is 5.95. The monoisotopic (exact) mass is 392 g/mol. The number of hydrogen-bond donors (Lipinski definition) is 1. The fraction of sp³-hybridized carbons (Fsp3) is 0.440. The van der Waals surface area contributed by atoms with Gasteiger partial charge < -0.3 is 10.2 Å². The molecule has 154 valence electrons. The molecule has 0 aliphatic heterocycles. The van der Waals surface area contributed by atoms with Gasteiger partial charge in [-0.05, 0) is 49.3 Å². The van der Waals surface area contributed by atoms with Crippen LogP contribution in [0.2, 0.25) is 0 Å². The zero-order valence-electron chi connectivity index (χ0n) is 17.5. The fourth-order valence-corrected chi connectivity index (χ4v) is 3.94. The first kappa shape index (κ1) is 21.1. The van der Waals surface area contributed by atoms with Crippen LogP contribution < -0.4 is 10.2 Å². The molecule has 1 fully saturated rings. The number of hydrogen-bond acceptors (Lipinski definition) is 2. The summed E-state index contributed by atoms with van der Waals surface area (Å²) in [7, 11) is 0. The molecule has 29 heavy (non-hydrogen) atoms. The molecule has 0 atom stereocenters. The predicted molar refractivity (Wildman–Crippen MR) is 117 cm³/mol. The largest absolute Gasteiger partial charge is 0.356 e. The molecule has 2 amide bonds. The van der Waals surface area contributed by atoms with Crippen LogP contribution in [-0.4, -0.2) is 18.4 Å². The number of carbonyl (C=O) groups is 2. The molecule has 1 saturated carbocycles. The maximum Gasteiger partial charge on any atom is 0.230 e. The molecule has 1 aliphatic carbocycles. The number of amides is 2. The van der Waals surface area contributed by atoms with Crippen LogP contribution in [0.3, 0.4) is 0 Å². The molecule has 4 nitrogen and oxygen atoms in total. The summed E-state index contributed by atoms with van der Waals surface area (Å²) < 4.78 is 0. The van der Waals surface area contributed by atoms with Gasteiger partial charge in [0, 0.05) is 24.1 Å². The summed E-state index contributed by atoms with van der Waals surface area (Å²) in [4.78, 5) is 27.7. The van der Waals surface area contributed by atoms with Crippen molar-refractivity contribution in [1.82, 2.24) is 5.32 Å². The van der Waals surface area contributed by atoms with Crippen molar-refractivity contribution in [2.75, 3.05) is 11.4 Å². The molecule has 3 rings (SSSR count). The minimum atomic E-state index is -0.0203. The summed E-state index contributed by atoms with van der Waals surface area (Å²) >= 11 is 0. The summed E-state index contributed by atoms with van der Waals surface area (Å²) in [6.45, 7) is 5.48. The van der Waals surface area contributed by atoms with Crippen LogP contribution in [0.1, 0.15) is 45.1 Å². The maximum absolute atomic E-state index is 13.4. The van der Waals surface area contributed by atoms with Gasteiger partial charge in [0.05, 0.1) is 6.54 Å². The zero-order chi connectivity index (χ0) is 20.6. The van der Waals surface area contributed by atoms with Crippen molar-refractivity contribution in [2.24, 2.45) is 17.8 Å². The normalized spacial score (nSPS) is 19.0. The number of carbonyl (C=O) groups excluding carboxylic acids is 2. The van der Waals surface area contributed by atoms with Gasteiger partial charge in [0.2, 0.25) is 11.8 Å². The maximum atomic E-state index is 13.4. The molecule has 0 saturated heterocycles. The van der Waals surface area contributed by atoms with Crippen molar-refractivity contribution < 1.29 is 9.59 Å². The lowest BCUT2D eigenvalue weighted by molar-refractivity contribution is -0.129. The van der Waals surface area contributed by atoms with Crippen LogP contribution in [0.25, 0.3) is 0 Å². The van der Waals surface area contributed by atoms with E-state index in [2.05, 4.69) is 31.3 Å². The van der Waals surface area contributed by atoms with Crippen molar-refractivity contribution in [3.63, 3.8) is 0 Å². The summed E-state index contributed by atoms with van der Waals surface area (Å²) in [6.07, 6.45) is 3.12. The van der Waals surface area contributed by atoms with Gasteiger partial charge in [0.1, 0.15) is 0 Å². The predicted octanol–water partition coefficient (Wildman–Crippen LogP) is 4.80. The minimum Gasteiger partial charge on any atom is -0.356 e. The molecule has 1 N–H and O–H groups in total. The van der Waals surface area contributed by atoms with E-state index in [1.54, 1.807) is 0 Å². The van der Waals surface area contributed by atoms with E-state index in [9.17, 15) is 9.59 Å². The standard InChI is InChI=1S/C25H32N2O2/c1-19(2)17-26-24(28)21-13-15-22(16-14-21)25(29)27(23-11-7-4-8-12-23)18-20-9-5-3-6-10-20/h3-12,19,21-22H,13-18H2,1-2H3,(H,26,28). The second kappa shape index (κ2) is 10.2. The van der Waals surface area contributed by atoms with Crippen molar-refractivity contribution >= 4 is 17.5 Å². The van der Waals surface area contributed by atoms with Crippen LogP contribution in [0.15, 0.2) is 60.7 Å². The van der Waals surface area contributed by atoms with Crippen molar-refractivity contribution in [3.8, 4) is 0 Å². The fourth-order valence-electron chi connectivity index (χ4n) is 3.94. The molecule has 0 unspecified atom stereocenters. The average Bonchev–Trinajstić information content (AvgIpc) is 2.77. The molecule has 0 bridgehead atoms. The Kier molecular flexibility index (Phi) is 7.45. The average molecular weight is 393 g/mol. The van der Waals surface area contributed by atoms with Gasteiger partial charge >= 0.3 is 0 Å². The third-order valence-electron chi connectivity index (χ3n) is 5.65. The molecule has 0 aromatic heterocycles. The minimum absolute atomic E-state index is 0.0203. The Morgan fingerprint density at radius 1 is 0.897 bits per heavy atom. The van der Waals surface area contributed by atoms with Crippen LogP contribution >= 0.6 is 0 Å². The highest BCUT2D eigenvalue weighted by Crippen LogP contribution is 2.32. The van der Waals surface area contributed by atoms with Crippen molar-refractivity contribution in [3.05, 3.63) is 66.2 Å². The van der Waals surface area contributed by atoms with E-state index in [1.165, 1.54) is 0 Å². The van der Waals surface area contributed by atoms with Gasteiger partial charge in [0.15, 0.2) is 0 Å². The Morgan fingerprint density at radius 2 is 1.45 bits per heavy atom. The van der Waals surface area contributed by atoms with E-state index in [4.69, 9.17) is 0 Å². The lowest BCUT2D eigenvalue weighted by Crippen LogP contribution is -2.40. The van der Waals surface area contributed by atoms with Crippen LogP contribution in [0.5, 0.6) is 0 Å². The number of rotatable bonds is 7. The molecular weight excluding hydrogens is 360 g/mol. The first-order chi connectivity index (χ1) is 14.0. The van der Waals surface area contributed by atoms with Gasteiger partial charge in [-0.25, -0.2) is 0 Å². The Labute approximate surface area is 174 Å². The van der Waals surface area contributed by atoms with E-state index in [-0.39, 0.29) is 23.7 Å². The van der Waals surface area contributed by atoms with Crippen LogP contribution in [0.4, 0.5) is 5.69 Å². The summed E-state index contributed by atoms with van der Waals surface area (Å²) in [5.74, 6) is 0.786. The smallest absolute Gasteiger partial charge is 0.230 e. The highest BCUT2D eigenvalue weighted by atomic mass is 16.2. The summed E-state index contributed by atoms with van der Waals surface area (Å²) in [6, 6.07) is 20.0. The molecule has 2 aromatic rings. The summed E-state index contributed by atoms with van der Waals surface area (Å²) in [5, 5.41) is 3.04. The first-order valence-electron chi connectivity index (χ1n) is 10.7. The van der Waals surface area contributed by atoms with E-state index in [0.29, 0.717) is 12.5 Å². The van der Waals surface area contributed by atoms with Crippen LogP contribution in [-0.2, 0) is 16.1 Å². The number of benzene rings is 2. The molecule has 4 heteroatoms. The molecular formula is C25H32N2O2. The quantitative estimate of drug-likeness (QED) is 0.736. The van der Waals surface area contributed by atoms with Gasteiger partial charge in [-0.15, -0.1) is 0 Å². The van der Waals surface area contributed by atoms with Gasteiger partial charge in [0.25, 0.3) is 0 Å². The number of anilines is 1. The number of para-hydroxylation sites is 1. The van der Waals surface area contributed by atoms with Crippen molar-refractivity contribution in [2.45, 2.75) is 46.1 Å². The molecule has 2 aromatic carbocycles. The van der Waals surface area contributed by atoms with Gasteiger partial charge in [-0.3, -0.25) is 9.59 Å². The van der Waals surface area contributed by atoms with E-state index in [0.717, 1.165) is 43.5 Å². The first-order valence-corrected chi connectivity index (χ1v) is 10.7. The molecule has 0 heterocycles. The zero-order valence-corrected chi connectivity index (χ0v) is 17.5. The SMILES string of the molecule is CC(C)CNC(=O)C1CCC(C(=O)N(Cc2ccccc2)c2ccccc2)CC1. The van der Waals surface area contributed by atoms with Crippen molar-refractivity contribution in [1.29, 1.82) is 0 Å². The lowest BCUT2D eigenvalue weighted by atomic mass is 9.80. The Balaban J connectivity index is 1.65. The van der Waals surface area contributed by atoms with E-state index >= 15 is 0 Å². The van der Waals surface area contributed by atoms with Gasteiger partial charge in [-0.1, -0.05) is 62.4 Å². The Morgan fingerprint density at radius 3 is 2.03 bits per heavy atom. The second-order valence-corrected chi connectivity index (χ2v) is 8.43. The lowest BCUT2D eigenvalue weighted by Gasteiger charge is -2.32.